The number of phenols is 1. The molecule has 1 aliphatic heterocycles. The van der Waals surface area contributed by atoms with Crippen molar-refractivity contribution in [3.63, 3.8) is 0 Å². The van der Waals surface area contributed by atoms with Crippen LogP contribution in [0.25, 0.3) is 0 Å². The summed E-state index contributed by atoms with van der Waals surface area (Å²) in [6.45, 7) is 0.736. The highest BCUT2D eigenvalue weighted by Crippen LogP contribution is 2.30. The Morgan fingerprint density at radius 2 is 2.27 bits per heavy atom. The van der Waals surface area contributed by atoms with E-state index < -0.39 is 0 Å². The van der Waals surface area contributed by atoms with Crippen LogP contribution in [0.1, 0.15) is 19.3 Å². The summed E-state index contributed by atoms with van der Waals surface area (Å²) >= 11 is 5.91. The molecule has 0 aliphatic carbocycles. The van der Waals surface area contributed by atoms with Crippen LogP contribution >= 0.6 is 11.6 Å². The molecule has 1 saturated heterocycles. The van der Waals surface area contributed by atoms with E-state index in [9.17, 15) is 5.11 Å². The van der Waals surface area contributed by atoms with Crippen molar-refractivity contribution in [3.8, 4) is 11.5 Å². The van der Waals surface area contributed by atoms with Gasteiger partial charge in [0.05, 0.1) is 11.6 Å². The fourth-order valence-electron chi connectivity index (χ4n) is 1.53. The maximum atomic E-state index is 9.17. The second-order valence-electron chi connectivity index (χ2n) is 3.53. The molecule has 1 N–H and O–H groups in total. The standard InChI is InChI=1S/C11H13ClO3/c12-9-7-8(13)4-5-10(9)15-11-3-1-2-6-14-11/h4-5,7,11,13H,1-3,6H2. The maximum absolute atomic E-state index is 9.17. The molecule has 15 heavy (non-hydrogen) atoms. The number of hydrogen-bond acceptors (Lipinski definition) is 3. The van der Waals surface area contributed by atoms with Gasteiger partial charge in [-0.2, -0.15) is 0 Å². The van der Waals surface area contributed by atoms with Crippen LogP contribution in [0, 0.1) is 0 Å². The molecule has 4 heteroatoms. The Morgan fingerprint density at radius 1 is 1.40 bits per heavy atom. The molecule has 0 spiro atoms. The van der Waals surface area contributed by atoms with Gasteiger partial charge in [-0.1, -0.05) is 11.6 Å². The van der Waals surface area contributed by atoms with E-state index in [2.05, 4.69) is 0 Å². The molecule has 3 nitrogen and oxygen atoms in total. The number of ether oxygens (including phenoxy) is 2. The van der Waals surface area contributed by atoms with Crippen LogP contribution in [0.5, 0.6) is 11.5 Å². The first-order valence-corrected chi connectivity index (χ1v) is 5.40. The number of rotatable bonds is 2. The molecule has 0 aromatic heterocycles. The third-order valence-electron chi connectivity index (χ3n) is 2.31. The minimum Gasteiger partial charge on any atom is -0.508 e. The van der Waals surface area contributed by atoms with Gasteiger partial charge in [-0.3, -0.25) is 0 Å². The van der Waals surface area contributed by atoms with Crippen molar-refractivity contribution < 1.29 is 14.6 Å². The van der Waals surface area contributed by atoms with E-state index in [4.69, 9.17) is 21.1 Å². The largest absolute Gasteiger partial charge is 0.508 e. The predicted octanol–water partition coefficient (Wildman–Crippen LogP) is 2.95. The Labute approximate surface area is 93.6 Å². The molecule has 0 bridgehead atoms. The number of halogens is 1. The molecule has 2 rings (SSSR count). The molecule has 0 radical (unpaired) electrons. The van der Waals surface area contributed by atoms with Crippen molar-refractivity contribution in [1.29, 1.82) is 0 Å². The maximum Gasteiger partial charge on any atom is 0.199 e. The number of benzene rings is 1. The van der Waals surface area contributed by atoms with Gasteiger partial charge >= 0.3 is 0 Å². The van der Waals surface area contributed by atoms with Gasteiger partial charge in [0.2, 0.25) is 0 Å². The summed E-state index contributed by atoms with van der Waals surface area (Å²) in [7, 11) is 0. The Hall–Kier alpha value is -0.930. The van der Waals surface area contributed by atoms with Gasteiger partial charge in [-0.15, -0.1) is 0 Å². The van der Waals surface area contributed by atoms with Crippen LogP contribution in [0.2, 0.25) is 5.02 Å². The van der Waals surface area contributed by atoms with E-state index in [0.717, 1.165) is 25.9 Å². The zero-order valence-electron chi connectivity index (χ0n) is 8.28. The van der Waals surface area contributed by atoms with Gasteiger partial charge in [0.15, 0.2) is 6.29 Å². The second-order valence-corrected chi connectivity index (χ2v) is 3.94. The summed E-state index contributed by atoms with van der Waals surface area (Å²) in [5, 5.41) is 9.58. The van der Waals surface area contributed by atoms with Crippen LogP contribution < -0.4 is 4.74 Å². The monoisotopic (exact) mass is 228 g/mol. The molecule has 1 heterocycles. The van der Waals surface area contributed by atoms with Crippen LogP contribution in [-0.2, 0) is 4.74 Å². The van der Waals surface area contributed by atoms with Gasteiger partial charge in [0.1, 0.15) is 11.5 Å². The average Bonchev–Trinajstić information content (AvgIpc) is 2.24. The molecule has 1 fully saturated rings. The average molecular weight is 229 g/mol. The van der Waals surface area contributed by atoms with Gasteiger partial charge < -0.3 is 14.6 Å². The van der Waals surface area contributed by atoms with Crippen molar-refractivity contribution in [2.75, 3.05) is 6.61 Å². The van der Waals surface area contributed by atoms with E-state index in [-0.39, 0.29) is 12.0 Å². The highest BCUT2D eigenvalue weighted by molar-refractivity contribution is 6.32. The SMILES string of the molecule is Oc1ccc(OC2CCCCO2)c(Cl)c1. The zero-order chi connectivity index (χ0) is 10.7. The fraction of sp³-hybridized carbons (Fsp3) is 0.455. The minimum atomic E-state index is -0.208. The summed E-state index contributed by atoms with van der Waals surface area (Å²) in [5.74, 6) is 0.693. The number of hydrogen-bond donors (Lipinski definition) is 1. The van der Waals surface area contributed by atoms with E-state index >= 15 is 0 Å². The van der Waals surface area contributed by atoms with E-state index in [1.54, 1.807) is 12.1 Å². The first-order chi connectivity index (χ1) is 7.25. The summed E-state index contributed by atoms with van der Waals surface area (Å²) < 4.78 is 11.0. The predicted molar refractivity (Wildman–Crippen MR) is 57.3 cm³/mol. The number of aromatic hydroxyl groups is 1. The van der Waals surface area contributed by atoms with E-state index in [1.807, 2.05) is 0 Å². The summed E-state index contributed by atoms with van der Waals surface area (Å²) in [6, 6.07) is 4.65. The Bertz CT molecular complexity index is 335. The van der Waals surface area contributed by atoms with Crippen molar-refractivity contribution in [2.45, 2.75) is 25.6 Å². The zero-order valence-corrected chi connectivity index (χ0v) is 9.04. The molecule has 82 valence electrons. The van der Waals surface area contributed by atoms with Crippen LogP contribution in [0.3, 0.4) is 0 Å². The first-order valence-electron chi connectivity index (χ1n) is 5.02. The third kappa shape index (κ3) is 2.76. The van der Waals surface area contributed by atoms with E-state index in [0.29, 0.717) is 10.8 Å². The Balaban J connectivity index is 2.03. The lowest BCUT2D eigenvalue weighted by Crippen LogP contribution is -2.25. The molecule has 1 unspecified atom stereocenters. The number of phenolic OH excluding ortho intramolecular Hbond substituents is 1. The Morgan fingerprint density at radius 3 is 2.93 bits per heavy atom. The lowest BCUT2D eigenvalue weighted by atomic mass is 10.2. The van der Waals surface area contributed by atoms with E-state index in [1.165, 1.54) is 6.07 Å². The van der Waals surface area contributed by atoms with Crippen molar-refractivity contribution >= 4 is 11.6 Å². The van der Waals surface area contributed by atoms with Gasteiger partial charge in [-0.25, -0.2) is 0 Å². The molecule has 1 aliphatic rings. The van der Waals surface area contributed by atoms with Crippen molar-refractivity contribution in [3.05, 3.63) is 23.2 Å². The lowest BCUT2D eigenvalue weighted by molar-refractivity contribution is -0.105. The summed E-state index contributed by atoms with van der Waals surface area (Å²) in [5.41, 5.74) is 0. The minimum absolute atomic E-state index is 0.136. The van der Waals surface area contributed by atoms with Gasteiger partial charge in [0.25, 0.3) is 0 Å². The summed E-state index contributed by atoms with van der Waals surface area (Å²) in [6.07, 6.45) is 2.88. The fourth-order valence-corrected chi connectivity index (χ4v) is 1.75. The highest BCUT2D eigenvalue weighted by Gasteiger charge is 2.16. The van der Waals surface area contributed by atoms with Crippen molar-refractivity contribution in [2.24, 2.45) is 0 Å². The molecular weight excluding hydrogens is 216 g/mol. The van der Waals surface area contributed by atoms with Crippen LogP contribution in [0.15, 0.2) is 18.2 Å². The molecule has 1 aromatic rings. The molecule has 0 amide bonds. The molecule has 1 atom stereocenters. The lowest BCUT2D eigenvalue weighted by Gasteiger charge is -2.23. The quantitative estimate of drug-likeness (QED) is 0.846. The van der Waals surface area contributed by atoms with Crippen molar-refractivity contribution in [1.82, 2.24) is 0 Å². The van der Waals surface area contributed by atoms with Gasteiger partial charge in [0, 0.05) is 12.5 Å². The third-order valence-corrected chi connectivity index (χ3v) is 2.61. The van der Waals surface area contributed by atoms with Crippen LogP contribution in [0.4, 0.5) is 0 Å². The molecule has 0 saturated carbocycles. The summed E-state index contributed by atoms with van der Waals surface area (Å²) in [4.78, 5) is 0. The Kier molecular flexibility index (Phi) is 3.34. The molecule has 1 aromatic carbocycles. The smallest absolute Gasteiger partial charge is 0.199 e. The van der Waals surface area contributed by atoms with Crippen LogP contribution in [-0.4, -0.2) is 18.0 Å². The normalized spacial score (nSPS) is 21.3. The van der Waals surface area contributed by atoms with Gasteiger partial charge in [-0.05, 0) is 25.0 Å². The first kappa shape index (κ1) is 10.6. The molecular formula is C11H13ClO3. The highest BCUT2D eigenvalue weighted by atomic mass is 35.5. The topological polar surface area (TPSA) is 38.7 Å². The second kappa shape index (κ2) is 4.73.